The van der Waals surface area contributed by atoms with Crippen molar-refractivity contribution in [1.82, 2.24) is 14.7 Å². The van der Waals surface area contributed by atoms with Gasteiger partial charge in [0.2, 0.25) is 0 Å². The van der Waals surface area contributed by atoms with Crippen molar-refractivity contribution in [3.63, 3.8) is 0 Å². The van der Waals surface area contributed by atoms with Crippen LogP contribution < -0.4 is 10.1 Å². The monoisotopic (exact) mass is 368 g/mol. The van der Waals surface area contributed by atoms with Gasteiger partial charge in [-0.3, -0.25) is 9.69 Å². The number of likely N-dealkylation sites (tertiary alicyclic amines) is 1. The predicted octanol–water partition coefficient (Wildman–Crippen LogP) is 3.75. The van der Waals surface area contributed by atoms with Crippen LogP contribution in [0.25, 0.3) is 0 Å². The van der Waals surface area contributed by atoms with E-state index in [0.717, 1.165) is 44.0 Å². The topological polar surface area (TPSA) is 59.4 Å². The van der Waals surface area contributed by atoms with Crippen molar-refractivity contribution in [2.24, 2.45) is 0 Å². The summed E-state index contributed by atoms with van der Waals surface area (Å²) in [6.45, 7) is 7.38. The Morgan fingerprint density at radius 1 is 1.26 bits per heavy atom. The van der Waals surface area contributed by atoms with Gasteiger partial charge in [-0.05, 0) is 51.0 Å². The van der Waals surface area contributed by atoms with E-state index in [9.17, 15) is 4.79 Å². The van der Waals surface area contributed by atoms with Gasteiger partial charge in [0.25, 0.3) is 5.91 Å². The summed E-state index contributed by atoms with van der Waals surface area (Å²) < 4.78 is 7.10. The highest BCUT2D eigenvalue weighted by Gasteiger charge is 2.23. The van der Waals surface area contributed by atoms with Gasteiger partial charge >= 0.3 is 0 Å². The normalized spacial score (nSPS) is 16.3. The van der Waals surface area contributed by atoms with E-state index in [1.54, 1.807) is 37.6 Å². The number of benzene rings is 1. The fourth-order valence-corrected chi connectivity index (χ4v) is 3.40. The van der Waals surface area contributed by atoms with Gasteiger partial charge in [-0.25, -0.2) is 4.68 Å². The number of anilines is 1. The lowest BCUT2D eigenvalue weighted by atomic mass is 10.0. The quantitative estimate of drug-likeness (QED) is 0.789. The SMILES string of the molecule is CC=C(C)CN1CCC(n2nccc2NC(=O)c2ccc(OC)cc2)CC1. The average molecular weight is 368 g/mol. The first-order valence-electron chi connectivity index (χ1n) is 9.43. The predicted molar refractivity (Wildman–Crippen MR) is 107 cm³/mol. The van der Waals surface area contributed by atoms with Crippen LogP contribution in [0.5, 0.6) is 5.75 Å². The minimum atomic E-state index is -0.138. The fraction of sp³-hybridized carbons (Fsp3) is 0.429. The molecule has 2 aromatic rings. The maximum Gasteiger partial charge on any atom is 0.256 e. The number of nitrogens with zero attached hydrogens (tertiary/aromatic N) is 3. The fourth-order valence-electron chi connectivity index (χ4n) is 3.40. The van der Waals surface area contributed by atoms with E-state index >= 15 is 0 Å². The lowest BCUT2D eigenvalue weighted by Gasteiger charge is -2.32. The van der Waals surface area contributed by atoms with Crippen molar-refractivity contribution in [3.05, 3.63) is 53.7 Å². The van der Waals surface area contributed by atoms with Gasteiger partial charge in [0, 0.05) is 31.3 Å². The third-order valence-electron chi connectivity index (χ3n) is 5.13. The smallest absolute Gasteiger partial charge is 0.256 e. The molecule has 1 aliphatic rings. The van der Waals surface area contributed by atoms with E-state index in [-0.39, 0.29) is 5.91 Å². The molecule has 0 saturated carbocycles. The summed E-state index contributed by atoms with van der Waals surface area (Å²) in [5, 5.41) is 7.46. The van der Waals surface area contributed by atoms with Crippen molar-refractivity contribution >= 4 is 11.7 Å². The zero-order chi connectivity index (χ0) is 19.2. The molecule has 27 heavy (non-hydrogen) atoms. The second kappa shape index (κ2) is 8.86. The zero-order valence-corrected chi connectivity index (χ0v) is 16.3. The number of hydrogen-bond donors (Lipinski definition) is 1. The maximum atomic E-state index is 12.5. The third-order valence-corrected chi connectivity index (χ3v) is 5.13. The Morgan fingerprint density at radius 3 is 2.59 bits per heavy atom. The summed E-state index contributed by atoms with van der Waals surface area (Å²) in [6.07, 6.45) is 5.99. The van der Waals surface area contributed by atoms with E-state index in [0.29, 0.717) is 11.6 Å². The molecule has 1 N–H and O–H groups in total. The van der Waals surface area contributed by atoms with E-state index in [2.05, 4.69) is 35.2 Å². The number of allylic oxidation sites excluding steroid dienone is 1. The molecule has 1 fully saturated rings. The van der Waals surface area contributed by atoms with Crippen molar-refractivity contribution in [3.8, 4) is 5.75 Å². The molecule has 0 aliphatic carbocycles. The minimum Gasteiger partial charge on any atom is -0.497 e. The summed E-state index contributed by atoms with van der Waals surface area (Å²) >= 11 is 0. The number of aromatic nitrogens is 2. The van der Waals surface area contributed by atoms with Crippen LogP contribution in [0.1, 0.15) is 43.1 Å². The van der Waals surface area contributed by atoms with Crippen molar-refractivity contribution in [1.29, 1.82) is 0 Å². The largest absolute Gasteiger partial charge is 0.497 e. The molecule has 1 saturated heterocycles. The number of ether oxygens (including phenoxy) is 1. The Kier molecular flexibility index (Phi) is 6.29. The molecule has 3 rings (SSSR count). The first kappa shape index (κ1) is 19.2. The second-order valence-electron chi connectivity index (χ2n) is 6.99. The van der Waals surface area contributed by atoms with Crippen LogP contribution in [0.2, 0.25) is 0 Å². The van der Waals surface area contributed by atoms with E-state index in [1.807, 2.05) is 10.7 Å². The van der Waals surface area contributed by atoms with Gasteiger partial charge < -0.3 is 10.1 Å². The van der Waals surface area contributed by atoms with Gasteiger partial charge in [0.15, 0.2) is 0 Å². The summed E-state index contributed by atoms with van der Waals surface area (Å²) in [7, 11) is 1.61. The molecule has 0 bridgehead atoms. The molecule has 2 heterocycles. The molecule has 144 valence electrons. The Labute approximate surface area is 160 Å². The molecule has 6 heteroatoms. The van der Waals surface area contributed by atoms with Crippen molar-refractivity contribution < 1.29 is 9.53 Å². The minimum absolute atomic E-state index is 0.138. The van der Waals surface area contributed by atoms with Crippen molar-refractivity contribution in [2.75, 3.05) is 32.1 Å². The molecule has 0 radical (unpaired) electrons. The number of methoxy groups -OCH3 is 1. The molecule has 0 unspecified atom stereocenters. The summed E-state index contributed by atoms with van der Waals surface area (Å²) in [4.78, 5) is 15.0. The van der Waals surface area contributed by atoms with Crippen molar-refractivity contribution in [2.45, 2.75) is 32.7 Å². The Hall–Kier alpha value is -2.60. The van der Waals surface area contributed by atoms with Gasteiger partial charge in [-0.1, -0.05) is 11.6 Å². The number of hydrogen-bond acceptors (Lipinski definition) is 4. The number of piperidine rings is 1. The van der Waals surface area contributed by atoms with Gasteiger partial charge in [-0.15, -0.1) is 0 Å². The number of carbonyl (C=O) groups is 1. The lowest BCUT2D eigenvalue weighted by molar-refractivity contribution is 0.102. The lowest BCUT2D eigenvalue weighted by Crippen LogP contribution is -2.36. The third kappa shape index (κ3) is 4.77. The molecular weight excluding hydrogens is 340 g/mol. The molecule has 1 aromatic heterocycles. The second-order valence-corrected chi connectivity index (χ2v) is 6.99. The standard InChI is InChI=1S/C21H28N4O2/c1-4-16(2)15-24-13-10-18(11-14-24)25-20(9-12-22-25)23-21(26)17-5-7-19(27-3)8-6-17/h4-9,12,18H,10-11,13-15H2,1-3H3,(H,23,26). The highest BCUT2D eigenvalue weighted by atomic mass is 16.5. The Morgan fingerprint density at radius 2 is 1.96 bits per heavy atom. The maximum absolute atomic E-state index is 12.5. The molecule has 6 nitrogen and oxygen atoms in total. The van der Waals surface area contributed by atoms with Gasteiger partial charge in [0.05, 0.1) is 19.3 Å². The highest BCUT2D eigenvalue weighted by molar-refractivity contribution is 6.03. The summed E-state index contributed by atoms with van der Waals surface area (Å²) in [5.74, 6) is 1.34. The first-order valence-corrected chi connectivity index (χ1v) is 9.43. The van der Waals surface area contributed by atoms with Crippen LogP contribution in [0, 0.1) is 0 Å². The van der Waals surface area contributed by atoms with E-state index in [4.69, 9.17) is 4.74 Å². The van der Waals surface area contributed by atoms with Crippen LogP contribution >= 0.6 is 0 Å². The van der Waals surface area contributed by atoms with Crippen LogP contribution in [-0.4, -0.2) is 47.3 Å². The van der Waals surface area contributed by atoms with Gasteiger partial charge in [0.1, 0.15) is 11.6 Å². The van der Waals surface area contributed by atoms with Gasteiger partial charge in [-0.2, -0.15) is 5.10 Å². The number of rotatable bonds is 6. The molecule has 1 aliphatic heterocycles. The van der Waals surface area contributed by atoms with E-state index in [1.165, 1.54) is 5.57 Å². The van der Waals surface area contributed by atoms with Crippen LogP contribution in [0.4, 0.5) is 5.82 Å². The van der Waals surface area contributed by atoms with Crippen LogP contribution in [-0.2, 0) is 0 Å². The molecule has 1 aromatic carbocycles. The molecule has 0 spiro atoms. The molecule has 0 atom stereocenters. The molecule has 1 amide bonds. The van der Waals surface area contributed by atoms with Crippen LogP contribution in [0.15, 0.2) is 48.2 Å². The number of carbonyl (C=O) groups excluding carboxylic acids is 1. The summed E-state index contributed by atoms with van der Waals surface area (Å²) in [6, 6.07) is 9.27. The number of amides is 1. The Bertz CT molecular complexity index is 787. The average Bonchev–Trinajstić information content (AvgIpc) is 3.16. The molecular formula is C21H28N4O2. The van der Waals surface area contributed by atoms with Crippen LogP contribution in [0.3, 0.4) is 0 Å². The summed E-state index contributed by atoms with van der Waals surface area (Å²) in [5.41, 5.74) is 2.00. The Balaban J connectivity index is 1.61. The number of nitrogens with one attached hydrogen (secondary N) is 1. The van der Waals surface area contributed by atoms with E-state index < -0.39 is 0 Å². The zero-order valence-electron chi connectivity index (χ0n) is 16.3. The first-order chi connectivity index (χ1) is 13.1. The highest BCUT2D eigenvalue weighted by Crippen LogP contribution is 2.26.